The highest BCUT2D eigenvalue weighted by Crippen LogP contribution is 2.36. The number of nitrogens with zero attached hydrogens (tertiary/aromatic N) is 2. The second kappa shape index (κ2) is 7.06. The highest BCUT2D eigenvalue weighted by Gasteiger charge is 2.30. The summed E-state index contributed by atoms with van der Waals surface area (Å²) in [6.45, 7) is 1.12. The van der Waals surface area contributed by atoms with Crippen LogP contribution in [-0.2, 0) is 16.8 Å². The molecule has 1 aliphatic heterocycles. The molecule has 3 aromatic rings. The molecule has 1 aromatic heterocycles. The SMILES string of the molecule is O=S1(=O)NCCN1c1ccc(-c2nccs2)cc1OCc1ccccc1. The fourth-order valence-electron chi connectivity index (χ4n) is 2.79. The molecular formula is C18H17N3O3S2. The van der Waals surface area contributed by atoms with Gasteiger partial charge in [0.1, 0.15) is 17.4 Å². The summed E-state index contributed by atoms with van der Waals surface area (Å²) < 4.78 is 34.4. The largest absolute Gasteiger partial charge is 0.487 e. The first-order chi connectivity index (χ1) is 12.6. The minimum Gasteiger partial charge on any atom is -0.487 e. The Balaban J connectivity index is 1.70. The Morgan fingerprint density at radius 2 is 2.04 bits per heavy atom. The molecule has 1 saturated heterocycles. The molecular weight excluding hydrogens is 370 g/mol. The van der Waals surface area contributed by atoms with Gasteiger partial charge in [0, 0.05) is 30.2 Å². The summed E-state index contributed by atoms with van der Waals surface area (Å²) >= 11 is 1.53. The van der Waals surface area contributed by atoms with Gasteiger partial charge in [-0.15, -0.1) is 11.3 Å². The number of benzene rings is 2. The molecule has 2 aromatic carbocycles. The van der Waals surface area contributed by atoms with Crippen molar-refractivity contribution in [2.24, 2.45) is 0 Å². The fourth-order valence-corrected chi connectivity index (χ4v) is 4.68. The van der Waals surface area contributed by atoms with Gasteiger partial charge in [-0.3, -0.25) is 4.31 Å². The molecule has 8 heteroatoms. The van der Waals surface area contributed by atoms with E-state index in [0.29, 0.717) is 31.1 Å². The Hall–Kier alpha value is -2.42. The molecule has 134 valence electrons. The van der Waals surface area contributed by atoms with E-state index in [9.17, 15) is 8.42 Å². The lowest BCUT2D eigenvalue weighted by molar-refractivity contribution is 0.307. The normalized spacial score (nSPS) is 15.9. The first kappa shape index (κ1) is 17.0. The molecule has 4 rings (SSSR count). The molecule has 2 heterocycles. The van der Waals surface area contributed by atoms with Gasteiger partial charge in [-0.1, -0.05) is 30.3 Å². The third-order valence-electron chi connectivity index (χ3n) is 4.03. The standard InChI is InChI=1S/C18H17N3O3S2/c22-26(23)20-8-10-21(26)16-7-6-15(18-19-9-11-25-18)12-17(16)24-13-14-4-2-1-3-5-14/h1-7,9,11-12,20H,8,10,13H2. The fraction of sp³-hybridized carbons (Fsp3) is 0.167. The highest BCUT2D eigenvalue weighted by molar-refractivity contribution is 7.91. The van der Waals surface area contributed by atoms with Crippen LogP contribution in [-0.4, -0.2) is 26.5 Å². The Morgan fingerprint density at radius 3 is 2.73 bits per heavy atom. The van der Waals surface area contributed by atoms with E-state index in [-0.39, 0.29) is 0 Å². The number of thiazole rings is 1. The van der Waals surface area contributed by atoms with Crippen LogP contribution in [0.3, 0.4) is 0 Å². The van der Waals surface area contributed by atoms with Crippen molar-refractivity contribution in [1.29, 1.82) is 0 Å². The van der Waals surface area contributed by atoms with Crippen LogP contribution in [0.25, 0.3) is 10.6 Å². The molecule has 0 atom stereocenters. The Labute approximate surface area is 156 Å². The van der Waals surface area contributed by atoms with Crippen molar-refractivity contribution in [3.8, 4) is 16.3 Å². The van der Waals surface area contributed by atoms with Gasteiger partial charge in [-0.05, 0) is 23.8 Å². The second-order valence-corrected chi connectivity index (χ2v) is 8.34. The van der Waals surface area contributed by atoms with Crippen LogP contribution in [0.2, 0.25) is 0 Å². The summed E-state index contributed by atoms with van der Waals surface area (Å²) in [4.78, 5) is 4.32. The van der Waals surface area contributed by atoms with E-state index < -0.39 is 10.2 Å². The number of rotatable bonds is 5. The molecule has 0 radical (unpaired) electrons. The molecule has 26 heavy (non-hydrogen) atoms. The van der Waals surface area contributed by atoms with E-state index in [0.717, 1.165) is 16.1 Å². The molecule has 0 aliphatic carbocycles. The van der Waals surface area contributed by atoms with Crippen molar-refractivity contribution in [3.05, 3.63) is 65.7 Å². The highest BCUT2D eigenvalue weighted by atomic mass is 32.2. The summed E-state index contributed by atoms with van der Waals surface area (Å²) in [7, 11) is -3.52. The third kappa shape index (κ3) is 3.44. The maximum absolute atomic E-state index is 12.3. The molecule has 1 N–H and O–H groups in total. The molecule has 0 saturated carbocycles. The average Bonchev–Trinajstić information content (AvgIpc) is 3.30. The van der Waals surface area contributed by atoms with Gasteiger partial charge >= 0.3 is 10.2 Å². The van der Waals surface area contributed by atoms with Crippen molar-refractivity contribution in [2.45, 2.75) is 6.61 Å². The van der Waals surface area contributed by atoms with Crippen LogP contribution in [0.5, 0.6) is 5.75 Å². The Kier molecular flexibility index (Phi) is 4.62. The van der Waals surface area contributed by atoms with E-state index in [1.54, 1.807) is 12.3 Å². The van der Waals surface area contributed by atoms with E-state index in [1.807, 2.05) is 47.8 Å². The van der Waals surface area contributed by atoms with Gasteiger partial charge in [0.05, 0.1) is 5.69 Å². The predicted molar refractivity (Wildman–Crippen MR) is 103 cm³/mol. The van der Waals surface area contributed by atoms with Crippen molar-refractivity contribution in [2.75, 3.05) is 17.4 Å². The van der Waals surface area contributed by atoms with Crippen LogP contribution in [0, 0.1) is 0 Å². The summed E-state index contributed by atoms with van der Waals surface area (Å²) in [5.41, 5.74) is 2.45. The minimum atomic E-state index is -3.52. The maximum Gasteiger partial charge on any atom is 0.301 e. The second-order valence-electron chi connectivity index (χ2n) is 5.77. The van der Waals surface area contributed by atoms with E-state index in [4.69, 9.17) is 4.74 Å². The number of aromatic nitrogens is 1. The predicted octanol–water partition coefficient (Wildman–Crippen LogP) is 3.04. The van der Waals surface area contributed by atoms with Crippen molar-refractivity contribution in [1.82, 2.24) is 9.71 Å². The van der Waals surface area contributed by atoms with Gasteiger partial charge < -0.3 is 4.74 Å². The quantitative estimate of drug-likeness (QED) is 0.730. The lowest BCUT2D eigenvalue weighted by Crippen LogP contribution is -2.29. The maximum atomic E-state index is 12.3. The van der Waals surface area contributed by atoms with Crippen LogP contribution in [0.4, 0.5) is 5.69 Å². The Bertz CT molecular complexity index is 990. The van der Waals surface area contributed by atoms with E-state index >= 15 is 0 Å². The molecule has 1 fully saturated rings. The first-order valence-corrected chi connectivity index (χ1v) is 10.4. The molecule has 0 unspecified atom stereocenters. The van der Waals surface area contributed by atoms with Gasteiger partial charge in [0.2, 0.25) is 0 Å². The third-order valence-corrected chi connectivity index (χ3v) is 6.39. The van der Waals surface area contributed by atoms with E-state index in [1.165, 1.54) is 15.6 Å². The summed E-state index contributed by atoms with van der Waals surface area (Å²) in [6.07, 6.45) is 1.74. The zero-order chi connectivity index (χ0) is 18.0. The molecule has 1 aliphatic rings. The van der Waals surface area contributed by atoms with Crippen LogP contribution < -0.4 is 13.8 Å². The number of hydrogen-bond acceptors (Lipinski definition) is 5. The van der Waals surface area contributed by atoms with Crippen LogP contribution >= 0.6 is 11.3 Å². The molecule has 6 nitrogen and oxygen atoms in total. The van der Waals surface area contributed by atoms with Crippen molar-refractivity contribution < 1.29 is 13.2 Å². The molecule has 0 bridgehead atoms. The van der Waals surface area contributed by atoms with Crippen LogP contribution in [0.1, 0.15) is 5.56 Å². The monoisotopic (exact) mass is 387 g/mol. The number of ether oxygens (including phenoxy) is 1. The van der Waals surface area contributed by atoms with Gasteiger partial charge in [0.15, 0.2) is 0 Å². The summed E-state index contributed by atoms with van der Waals surface area (Å²) in [5, 5.41) is 2.77. The Morgan fingerprint density at radius 1 is 1.19 bits per heavy atom. The van der Waals surface area contributed by atoms with Gasteiger partial charge in [-0.25, -0.2) is 4.98 Å². The summed E-state index contributed by atoms with van der Waals surface area (Å²) in [5.74, 6) is 0.522. The van der Waals surface area contributed by atoms with E-state index in [2.05, 4.69) is 9.71 Å². The van der Waals surface area contributed by atoms with Crippen LogP contribution in [0.15, 0.2) is 60.1 Å². The smallest absolute Gasteiger partial charge is 0.301 e. The van der Waals surface area contributed by atoms with Gasteiger partial charge in [0.25, 0.3) is 0 Å². The average molecular weight is 387 g/mol. The molecule has 0 amide bonds. The van der Waals surface area contributed by atoms with Crippen molar-refractivity contribution >= 4 is 27.2 Å². The summed E-state index contributed by atoms with van der Waals surface area (Å²) in [6, 6.07) is 15.3. The lowest BCUT2D eigenvalue weighted by Gasteiger charge is -2.20. The number of nitrogens with one attached hydrogen (secondary N) is 1. The topological polar surface area (TPSA) is 71.5 Å². The zero-order valence-electron chi connectivity index (χ0n) is 13.8. The zero-order valence-corrected chi connectivity index (χ0v) is 15.5. The first-order valence-electron chi connectivity index (χ1n) is 8.11. The molecule has 0 spiro atoms. The lowest BCUT2D eigenvalue weighted by atomic mass is 10.2. The van der Waals surface area contributed by atoms with Crippen molar-refractivity contribution in [3.63, 3.8) is 0 Å². The number of hydrogen-bond donors (Lipinski definition) is 1. The van der Waals surface area contributed by atoms with Gasteiger partial charge in [-0.2, -0.15) is 13.1 Å². The minimum absolute atomic E-state index is 0.358. The number of anilines is 1.